The number of likely N-dealkylation sites (tertiary alicyclic amines) is 1. The molecular weight excluding hydrogens is 280 g/mol. The van der Waals surface area contributed by atoms with Crippen LogP contribution < -0.4 is 0 Å². The molecule has 3 aromatic rings. The quantitative estimate of drug-likeness (QED) is 0.729. The van der Waals surface area contributed by atoms with Crippen LogP contribution >= 0.6 is 0 Å². The van der Waals surface area contributed by atoms with Crippen molar-refractivity contribution in [1.29, 1.82) is 0 Å². The van der Waals surface area contributed by atoms with Gasteiger partial charge in [0.1, 0.15) is 17.0 Å². The van der Waals surface area contributed by atoms with Gasteiger partial charge in [0, 0.05) is 19.3 Å². The molecule has 1 fully saturated rings. The van der Waals surface area contributed by atoms with Crippen molar-refractivity contribution in [3.8, 4) is 11.5 Å². The first-order valence-corrected chi connectivity index (χ1v) is 7.43. The second kappa shape index (κ2) is 4.98. The highest BCUT2D eigenvalue weighted by Gasteiger charge is 2.24. The SMILES string of the molecule is Cc1ccc(-c2ccnc3c(C(=O)N4CCCC4)cnn23)o1. The highest BCUT2D eigenvalue weighted by Crippen LogP contribution is 2.24. The van der Waals surface area contributed by atoms with Gasteiger partial charge >= 0.3 is 0 Å². The highest BCUT2D eigenvalue weighted by molar-refractivity contribution is 6.00. The zero-order valence-electron chi connectivity index (χ0n) is 12.3. The van der Waals surface area contributed by atoms with E-state index < -0.39 is 0 Å². The smallest absolute Gasteiger partial charge is 0.259 e. The summed E-state index contributed by atoms with van der Waals surface area (Å²) >= 11 is 0. The molecule has 4 rings (SSSR count). The van der Waals surface area contributed by atoms with E-state index in [1.807, 2.05) is 30.0 Å². The van der Waals surface area contributed by atoms with Gasteiger partial charge in [-0.05, 0) is 38.0 Å². The molecule has 1 aliphatic rings. The molecule has 0 aromatic carbocycles. The van der Waals surface area contributed by atoms with Crippen molar-refractivity contribution >= 4 is 11.6 Å². The topological polar surface area (TPSA) is 63.6 Å². The predicted molar refractivity (Wildman–Crippen MR) is 80.6 cm³/mol. The first-order valence-electron chi connectivity index (χ1n) is 7.43. The summed E-state index contributed by atoms with van der Waals surface area (Å²) in [4.78, 5) is 18.8. The van der Waals surface area contributed by atoms with Gasteiger partial charge in [-0.2, -0.15) is 5.10 Å². The summed E-state index contributed by atoms with van der Waals surface area (Å²) in [6, 6.07) is 5.64. The Kier molecular flexibility index (Phi) is 2.96. The van der Waals surface area contributed by atoms with E-state index in [-0.39, 0.29) is 5.91 Å². The molecule has 0 N–H and O–H groups in total. The van der Waals surface area contributed by atoms with Gasteiger partial charge in [0.05, 0.1) is 6.20 Å². The Labute approximate surface area is 127 Å². The van der Waals surface area contributed by atoms with Crippen LogP contribution in [0, 0.1) is 6.92 Å². The standard InChI is InChI=1S/C16H16N4O2/c1-11-4-5-14(22-11)13-6-7-17-15-12(10-18-20(13)15)16(21)19-8-2-3-9-19/h4-7,10H,2-3,8-9H2,1H3. The number of aryl methyl sites for hydroxylation is 1. The summed E-state index contributed by atoms with van der Waals surface area (Å²) in [5.41, 5.74) is 1.91. The molecule has 0 saturated carbocycles. The number of fused-ring (bicyclic) bond motifs is 1. The molecule has 0 aliphatic carbocycles. The number of hydrogen-bond donors (Lipinski definition) is 0. The van der Waals surface area contributed by atoms with Crippen LogP contribution in [0.3, 0.4) is 0 Å². The number of amides is 1. The maximum absolute atomic E-state index is 12.6. The molecule has 4 heterocycles. The van der Waals surface area contributed by atoms with E-state index >= 15 is 0 Å². The molecule has 1 aliphatic heterocycles. The summed E-state index contributed by atoms with van der Waals surface area (Å²) in [5, 5.41) is 4.34. The number of carbonyl (C=O) groups excluding carboxylic acids is 1. The molecule has 112 valence electrons. The summed E-state index contributed by atoms with van der Waals surface area (Å²) in [6.45, 7) is 3.52. The van der Waals surface area contributed by atoms with Gasteiger partial charge in [-0.1, -0.05) is 0 Å². The van der Waals surface area contributed by atoms with Crippen molar-refractivity contribution in [2.45, 2.75) is 19.8 Å². The lowest BCUT2D eigenvalue weighted by molar-refractivity contribution is 0.0794. The second-order valence-corrected chi connectivity index (χ2v) is 5.53. The number of rotatable bonds is 2. The van der Waals surface area contributed by atoms with Crippen molar-refractivity contribution in [3.63, 3.8) is 0 Å². The fourth-order valence-corrected chi connectivity index (χ4v) is 2.89. The summed E-state index contributed by atoms with van der Waals surface area (Å²) in [5.74, 6) is 1.56. The Morgan fingerprint density at radius 1 is 1.23 bits per heavy atom. The molecule has 6 heteroatoms. The van der Waals surface area contributed by atoms with Crippen LogP contribution in [0.25, 0.3) is 17.1 Å². The van der Waals surface area contributed by atoms with Crippen molar-refractivity contribution in [2.75, 3.05) is 13.1 Å². The van der Waals surface area contributed by atoms with Crippen LogP contribution in [0.4, 0.5) is 0 Å². The maximum Gasteiger partial charge on any atom is 0.259 e. The van der Waals surface area contributed by atoms with Gasteiger partial charge in [-0.3, -0.25) is 4.79 Å². The molecule has 3 aromatic heterocycles. The Balaban J connectivity index is 1.81. The van der Waals surface area contributed by atoms with E-state index in [1.165, 1.54) is 0 Å². The van der Waals surface area contributed by atoms with E-state index in [1.54, 1.807) is 16.9 Å². The fourth-order valence-electron chi connectivity index (χ4n) is 2.89. The van der Waals surface area contributed by atoms with Crippen LogP contribution in [-0.4, -0.2) is 38.5 Å². The maximum atomic E-state index is 12.6. The van der Waals surface area contributed by atoms with Crippen molar-refractivity contribution < 1.29 is 9.21 Å². The van der Waals surface area contributed by atoms with E-state index in [2.05, 4.69) is 10.1 Å². The van der Waals surface area contributed by atoms with Crippen LogP contribution in [0.2, 0.25) is 0 Å². The molecule has 6 nitrogen and oxygen atoms in total. The molecule has 22 heavy (non-hydrogen) atoms. The summed E-state index contributed by atoms with van der Waals surface area (Å²) in [6.07, 6.45) is 5.41. The minimum absolute atomic E-state index is 0.00720. The Bertz CT molecular complexity index is 843. The second-order valence-electron chi connectivity index (χ2n) is 5.53. The number of carbonyl (C=O) groups is 1. The normalized spacial score (nSPS) is 14.9. The summed E-state index contributed by atoms with van der Waals surface area (Å²) < 4.78 is 7.33. The van der Waals surface area contributed by atoms with Crippen LogP contribution in [-0.2, 0) is 0 Å². The minimum Gasteiger partial charge on any atom is -0.460 e. The zero-order valence-corrected chi connectivity index (χ0v) is 12.3. The lowest BCUT2D eigenvalue weighted by atomic mass is 10.2. The molecule has 0 spiro atoms. The monoisotopic (exact) mass is 296 g/mol. The molecular formula is C16H16N4O2. The average Bonchev–Trinajstić information content (AvgIpc) is 3.26. The zero-order chi connectivity index (χ0) is 15.1. The van der Waals surface area contributed by atoms with Crippen molar-refractivity contribution in [1.82, 2.24) is 19.5 Å². The van der Waals surface area contributed by atoms with E-state index in [9.17, 15) is 4.79 Å². The Morgan fingerprint density at radius 3 is 2.77 bits per heavy atom. The van der Waals surface area contributed by atoms with Crippen molar-refractivity contribution in [3.05, 3.63) is 41.9 Å². The number of aromatic nitrogens is 3. The molecule has 1 amide bonds. The van der Waals surface area contributed by atoms with E-state index in [4.69, 9.17) is 4.42 Å². The van der Waals surface area contributed by atoms with Crippen molar-refractivity contribution in [2.24, 2.45) is 0 Å². The Hall–Kier alpha value is -2.63. The first kappa shape index (κ1) is 13.1. The third kappa shape index (κ3) is 1.99. The molecule has 0 atom stereocenters. The predicted octanol–water partition coefficient (Wildman–Crippen LogP) is 2.53. The largest absolute Gasteiger partial charge is 0.460 e. The van der Waals surface area contributed by atoms with E-state index in [0.29, 0.717) is 17.0 Å². The molecule has 0 bridgehead atoms. The number of hydrogen-bond acceptors (Lipinski definition) is 4. The van der Waals surface area contributed by atoms with Crippen LogP contribution in [0.15, 0.2) is 35.0 Å². The Morgan fingerprint density at radius 2 is 2.05 bits per heavy atom. The lowest BCUT2D eigenvalue weighted by Gasteiger charge is -2.13. The molecule has 1 saturated heterocycles. The van der Waals surface area contributed by atoms with Gasteiger partial charge < -0.3 is 9.32 Å². The third-order valence-corrected chi connectivity index (χ3v) is 4.02. The van der Waals surface area contributed by atoms with Crippen LogP contribution in [0.5, 0.6) is 0 Å². The molecule has 0 unspecified atom stereocenters. The third-order valence-electron chi connectivity index (χ3n) is 4.02. The van der Waals surface area contributed by atoms with Gasteiger partial charge in [-0.25, -0.2) is 9.50 Å². The molecule has 0 radical (unpaired) electrons. The highest BCUT2D eigenvalue weighted by atomic mass is 16.3. The van der Waals surface area contributed by atoms with Gasteiger partial charge in [-0.15, -0.1) is 0 Å². The van der Waals surface area contributed by atoms with E-state index in [0.717, 1.165) is 37.4 Å². The average molecular weight is 296 g/mol. The summed E-state index contributed by atoms with van der Waals surface area (Å²) in [7, 11) is 0. The first-order chi connectivity index (χ1) is 10.7. The fraction of sp³-hybridized carbons (Fsp3) is 0.312. The van der Waals surface area contributed by atoms with Crippen LogP contribution in [0.1, 0.15) is 29.0 Å². The lowest BCUT2D eigenvalue weighted by Crippen LogP contribution is -2.27. The number of nitrogens with zero attached hydrogens (tertiary/aromatic N) is 4. The van der Waals surface area contributed by atoms with Gasteiger partial charge in [0.2, 0.25) is 0 Å². The van der Waals surface area contributed by atoms with Gasteiger partial charge in [0.25, 0.3) is 5.91 Å². The number of furan rings is 1. The van der Waals surface area contributed by atoms with Gasteiger partial charge in [0.15, 0.2) is 11.4 Å². The minimum atomic E-state index is 0.00720.